The quantitative estimate of drug-likeness (QED) is 0.352. The fraction of sp³-hybridized carbons (Fsp3) is 0.130. The van der Waals surface area contributed by atoms with Gasteiger partial charge in [-0.05, 0) is 43.4 Å². The summed E-state index contributed by atoms with van der Waals surface area (Å²) in [6.07, 6.45) is -0.736. The number of alkyl halides is 3. The maximum atomic E-state index is 14.0. The smallest absolute Gasteiger partial charge is 0.340 e. The zero-order chi connectivity index (χ0) is 25.2. The third-order valence-electron chi connectivity index (χ3n) is 5.14. The molecule has 0 aliphatic heterocycles. The number of hydrogen-bond acceptors (Lipinski definition) is 5. The molecule has 0 bridgehead atoms. The summed E-state index contributed by atoms with van der Waals surface area (Å²) in [5.74, 6) is -0.255. The minimum Gasteiger partial charge on any atom is -0.340 e. The van der Waals surface area contributed by atoms with Crippen molar-refractivity contribution in [1.82, 2.24) is 19.3 Å². The standard InChI is InChI=1S/C23H19F4N5O2S/c1-28-35(33,34)17-7-8-20(31-22-9-6-16(11-29-22)23(25,26)27)18(10-17)21-13-32(14-30-21)12-15-4-2-3-5-19(15)24/h2-11,13-14,28H,12H2,1H3,(H,29,31). The third kappa shape index (κ3) is 5.49. The summed E-state index contributed by atoms with van der Waals surface area (Å²) in [6, 6.07) is 12.5. The van der Waals surface area contributed by atoms with Crippen LogP contribution in [-0.2, 0) is 22.7 Å². The van der Waals surface area contributed by atoms with E-state index in [-0.39, 0.29) is 23.1 Å². The lowest BCUT2D eigenvalue weighted by Crippen LogP contribution is -2.18. The van der Waals surface area contributed by atoms with Crippen LogP contribution in [0.1, 0.15) is 11.1 Å². The molecule has 2 N–H and O–H groups in total. The molecular weight excluding hydrogens is 486 g/mol. The molecule has 0 spiro atoms. The highest BCUT2D eigenvalue weighted by Crippen LogP contribution is 2.33. The zero-order valence-corrected chi connectivity index (χ0v) is 19.0. The van der Waals surface area contributed by atoms with Crippen LogP contribution in [-0.4, -0.2) is 30.0 Å². The lowest BCUT2D eigenvalue weighted by atomic mass is 10.1. The summed E-state index contributed by atoms with van der Waals surface area (Å²) in [7, 11) is -2.52. The molecule has 0 saturated carbocycles. The molecule has 12 heteroatoms. The van der Waals surface area contributed by atoms with Crippen LogP contribution in [0.2, 0.25) is 0 Å². The molecule has 0 saturated heterocycles. The molecule has 4 rings (SSSR count). The van der Waals surface area contributed by atoms with Crippen molar-refractivity contribution in [2.24, 2.45) is 0 Å². The van der Waals surface area contributed by atoms with Crippen LogP contribution in [0.3, 0.4) is 0 Å². The molecule has 2 heterocycles. The van der Waals surface area contributed by atoms with Crippen molar-refractivity contribution in [1.29, 1.82) is 0 Å². The van der Waals surface area contributed by atoms with E-state index in [1.54, 1.807) is 29.0 Å². The molecule has 35 heavy (non-hydrogen) atoms. The van der Waals surface area contributed by atoms with E-state index in [9.17, 15) is 26.0 Å². The molecule has 7 nitrogen and oxygen atoms in total. The molecule has 2 aromatic carbocycles. The Labute approximate surface area is 198 Å². The van der Waals surface area contributed by atoms with Gasteiger partial charge in [-0.2, -0.15) is 13.2 Å². The van der Waals surface area contributed by atoms with Crippen LogP contribution in [0.5, 0.6) is 0 Å². The molecule has 0 aliphatic rings. The number of nitrogens with zero attached hydrogens (tertiary/aromatic N) is 3. The second kappa shape index (κ2) is 9.47. The van der Waals surface area contributed by atoms with Crippen molar-refractivity contribution in [2.75, 3.05) is 12.4 Å². The number of anilines is 2. The molecule has 0 fully saturated rings. The first kappa shape index (κ1) is 24.4. The summed E-state index contributed by atoms with van der Waals surface area (Å²) < 4.78 is 81.2. The fourth-order valence-corrected chi connectivity index (χ4v) is 4.07. The second-order valence-electron chi connectivity index (χ2n) is 7.49. The SMILES string of the molecule is CNS(=O)(=O)c1ccc(Nc2ccc(C(F)(F)F)cn2)c(-c2cn(Cc3ccccc3F)cn2)c1. The Morgan fingerprint density at radius 2 is 1.80 bits per heavy atom. The number of imidazole rings is 1. The maximum absolute atomic E-state index is 14.0. The monoisotopic (exact) mass is 505 g/mol. The van der Waals surface area contributed by atoms with Crippen LogP contribution < -0.4 is 10.0 Å². The normalized spacial score (nSPS) is 12.0. The fourth-order valence-electron chi connectivity index (χ4n) is 3.31. The number of pyridine rings is 1. The van der Waals surface area contributed by atoms with E-state index in [1.165, 1.54) is 43.7 Å². The van der Waals surface area contributed by atoms with E-state index in [1.807, 2.05) is 0 Å². The van der Waals surface area contributed by atoms with Gasteiger partial charge in [0.15, 0.2) is 0 Å². The van der Waals surface area contributed by atoms with Crippen LogP contribution >= 0.6 is 0 Å². The van der Waals surface area contributed by atoms with Crippen molar-refractivity contribution < 1.29 is 26.0 Å². The van der Waals surface area contributed by atoms with Gasteiger partial charge in [-0.15, -0.1) is 0 Å². The van der Waals surface area contributed by atoms with E-state index < -0.39 is 21.8 Å². The van der Waals surface area contributed by atoms with Gasteiger partial charge in [0.25, 0.3) is 0 Å². The maximum Gasteiger partial charge on any atom is 0.417 e. The number of benzene rings is 2. The summed E-state index contributed by atoms with van der Waals surface area (Å²) in [5.41, 5.74) is 0.628. The molecule has 182 valence electrons. The minimum absolute atomic E-state index is 0.0374. The van der Waals surface area contributed by atoms with E-state index >= 15 is 0 Å². The molecule has 2 aromatic heterocycles. The first-order valence-electron chi connectivity index (χ1n) is 10.2. The van der Waals surface area contributed by atoms with Crippen LogP contribution in [0, 0.1) is 5.82 Å². The van der Waals surface area contributed by atoms with Crippen LogP contribution in [0.25, 0.3) is 11.3 Å². The highest BCUT2D eigenvalue weighted by molar-refractivity contribution is 7.89. The van der Waals surface area contributed by atoms with Crippen molar-refractivity contribution in [2.45, 2.75) is 17.6 Å². The molecular formula is C23H19F4N5O2S. The summed E-state index contributed by atoms with van der Waals surface area (Å²) in [5, 5.41) is 2.91. The average Bonchev–Trinajstić information content (AvgIpc) is 3.29. The van der Waals surface area contributed by atoms with Crippen LogP contribution in [0.15, 0.2) is 78.2 Å². The Morgan fingerprint density at radius 1 is 1.03 bits per heavy atom. The Kier molecular flexibility index (Phi) is 6.59. The highest BCUT2D eigenvalue weighted by atomic mass is 32.2. The van der Waals surface area contributed by atoms with Gasteiger partial charge in [0, 0.05) is 29.2 Å². The number of aromatic nitrogens is 3. The Balaban J connectivity index is 1.71. The van der Waals surface area contributed by atoms with Crippen molar-refractivity contribution >= 4 is 21.5 Å². The van der Waals surface area contributed by atoms with Crippen LogP contribution in [0.4, 0.5) is 29.1 Å². The van der Waals surface area contributed by atoms with Gasteiger partial charge in [0.2, 0.25) is 10.0 Å². The third-order valence-corrected chi connectivity index (χ3v) is 6.56. The molecule has 0 aliphatic carbocycles. The predicted molar refractivity (Wildman–Crippen MR) is 122 cm³/mol. The lowest BCUT2D eigenvalue weighted by Gasteiger charge is -2.13. The topological polar surface area (TPSA) is 88.9 Å². The van der Waals surface area contributed by atoms with E-state index in [4.69, 9.17) is 0 Å². The van der Waals surface area contributed by atoms with E-state index in [0.717, 1.165) is 6.07 Å². The number of sulfonamides is 1. The summed E-state index contributed by atoms with van der Waals surface area (Å²) >= 11 is 0. The number of halogens is 4. The van der Waals surface area contributed by atoms with Gasteiger partial charge in [-0.1, -0.05) is 18.2 Å². The highest BCUT2D eigenvalue weighted by Gasteiger charge is 2.30. The van der Waals surface area contributed by atoms with E-state index in [2.05, 4.69) is 20.0 Å². The van der Waals surface area contributed by atoms with Gasteiger partial charge in [-0.3, -0.25) is 0 Å². The van der Waals surface area contributed by atoms with Gasteiger partial charge >= 0.3 is 6.18 Å². The summed E-state index contributed by atoms with van der Waals surface area (Å²) in [4.78, 5) is 8.09. The lowest BCUT2D eigenvalue weighted by molar-refractivity contribution is -0.137. The molecule has 4 aromatic rings. The molecule has 0 unspecified atom stereocenters. The minimum atomic E-state index is -4.52. The zero-order valence-electron chi connectivity index (χ0n) is 18.2. The average molecular weight is 505 g/mol. The first-order chi connectivity index (χ1) is 16.6. The predicted octanol–water partition coefficient (Wildman–Crippen LogP) is 4.80. The second-order valence-corrected chi connectivity index (χ2v) is 9.38. The Bertz CT molecular complexity index is 1450. The van der Waals surface area contributed by atoms with Gasteiger partial charge in [-0.25, -0.2) is 27.5 Å². The first-order valence-corrected chi connectivity index (χ1v) is 11.7. The number of nitrogens with one attached hydrogen (secondary N) is 2. The summed E-state index contributed by atoms with van der Waals surface area (Å²) in [6.45, 7) is 0.192. The molecule has 0 radical (unpaired) electrons. The molecule has 0 atom stereocenters. The van der Waals surface area contributed by atoms with Crippen molar-refractivity contribution in [3.8, 4) is 11.3 Å². The number of rotatable bonds is 7. The largest absolute Gasteiger partial charge is 0.417 e. The van der Waals surface area contributed by atoms with Gasteiger partial charge < -0.3 is 9.88 Å². The van der Waals surface area contributed by atoms with Crippen molar-refractivity contribution in [3.05, 3.63) is 90.3 Å². The van der Waals surface area contributed by atoms with Gasteiger partial charge in [0.1, 0.15) is 11.6 Å². The Morgan fingerprint density at radius 3 is 2.46 bits per heavy atom. The number of hydrogen-bond donors (Lipinski definition) is 2. The van der Waals surface area contributed by atoms with Crippen molar-refractivity contribution in [3.63, 3.8) is 0 Å². The Hall–Kier alpha value is -3.77. The molecule has 0 amide bonds. The van der Waals surface area contributed by atoms with Gasteiger partial charge in [0.05, 0.1) is 29.0 Å². The van der Waals surface area contributed by atoms with E-state index in [0.29, 0.717) is 28.7 Å².